The fraction of sp³-hybridized carbons (Fsp3) is 0.533. The Morgan fingerprint density at radius 1 is 1.12 bits per heavy atom. The maximum atomic E-state index is 11.8. The maximum absolute atomic E-state index is 11.8. The fourth-order valence-electron chi connectivity index (χ4n) is 2.89. The molecule has 4 N–H and O–H groups in total. The number of nitrogens with zero attached hydrogens (tertiary/aromatic N) is 4. The van der Waals surface area contributed by atoms with E-state index < -0.39 is 11.9 Å². The number of hydrogen-bond donors (Lipinski definition) is 4. The number of amides is 3. The molecular formula is C15H18N8O2. The molecule has 0 spiro atoms. The number of hydrazone groups is 1. The van der Waals surface area contributed by atoms with Gasteiger partial charge < -0.3 is 16.0 Å². The second-order valence-corrected chi connectivity index (χ2v) is 6.81. The first-order valence-corrected chi connectivity index (χ1v) is 8.53. The van der Waals surface area contributed by atoms with Gasteiger partial charge in [-0.1, -0.05) is 0 Å². The highest BCUT2D eigenvalue weighted by Gasteiger charge is 2.39. The van der Waals surface area contributed by atoms with Gasteiger partial charge in [-0.25, -0.2) is 14.8 Å². The molecule has 5 rings (SSSR count). The van der Waals surface area contributed by atoms with E-state index in [4.69, 9.17) is 0 Å². The summed E-state index contributed by atoms with van der Waals surface area (Å²) in [4.78, 5) is 32.3. The first-order valence-electron chi connectivity index (χ1n) is 8.53. The van der Waals surface area contributed by atoms with Crippen molar-refractivity contribution in [3.63, 3.8) is 0 Å². The minimum Gasteiger partial charge on any atom is -0.352 e. The molecule has 0 aromatic rings. The van der Waals surface area contributed by atoms with Gasteiger partial charge in [-0.15, -0.1) is 0 Å². The lowest BCUT2D eigenvalue weighted by Crippen LogP contribution is -2.49. The Balaban J connectivity index is 1.41. The number of carbonyl (C=O) groups excluding carboxylic acids is 2. The molecule has 2 atom stereocenters. The highest BCUT2D eigenvalue weighted by molar-refractivity contribution is 6.11. The molecule has 0 aromatic heterocycles. The first kappa shape index (κ1) is 14.4. The highest BCUT2D eigenvalue weighted by atomic mass is 16.2. The predicted molar refractivity (Wildman–Crippen MR) is 89.6 cm³/mol. The third-order valence-corrected chi connectivity index (χ3v) is 4.54. The van der Waals surface area contributed by atoms with Gasteiger partial charge in [-0.2, -0.15) is 10.1 Å². The molecule has 2 aliphatic carbocycles. The molecule has 1 saturated heterocycles. The maximum Gasteiger partial charge on any atom is 0.326 e. The Hall–Kier alpha value is -2.91. The zero-order valence-corrected chi connectivity index (χ0v) is 13.4. The van der Waals surface area contributed by atoms with E-state index in [0.29, 0.717) is 24.0 Å². The second-order valence-electron chi connectivity index (χ2n) is 6.81. The largest absolute Gasteiger partial charge is 0.352 e. The van der Waals surface area contributed by atoms with Crippen LogP contribution in [0, 0.1) is 5.92 Å². The van der Waals surface area contributed by atoms with E-state index in [1.807, 2.05) is 0 Å². The van der Waals surface area contributed by atoms with Crippen molar-refractivity contribution < 1.29 is 9.59 Å². The van der Waals surface area contributed by atoms with E-state index in [1.165, 1.54) is 0 Å². The SMILES string of the molecule is O=C1NC(=O)/C(=C/C2C=NN3C(NC4CC4)=NC(NC4CC4)=NC23)N1. The van der Waals surface area contributed by atoms with Gasteiger partial charge in [0.15, 0.2) is 6.17 Å². The van der Waals surface area contributed by atoms with Gasteiger partial charge in [-0.05, 0) is 31.8 Å². The van der Waals surface area contributed by atoms with Gasteiger partial charge in [0.05, 0.1) is 5.92 Å². The highest BCUT2D eigenvalue weighted by Crippen LogP contribution is 2.27. The number of rotatable bonds is 3. The Bertz CT molecular complexity index is 761. The standard InChI is InChI=1S/C15H18N8O2/c24-12-10(19-15(25)21-12)5-7-6-16-23-11(7)20-13(17-8-1-2-8)22-14(23)18-9-3-4-9/h5-9,11H,1-4H2,(H2,17,18,20,22)(H2,19,21,24,25)/b10-5-. The van der Waals surface area contributed by atoms with Crippen LogP contribution in [0.2, 0.25) is 0 Å². The summed E-state index contributed by atoms with van der Waals surface area (Å²) in [6.07, 6.45) is 7.61. The zero-order chi connectivity index (χ0) is 17.0. The average Bonchev–Trinajstić information content (AvgIpc) is 3.48. The van der Waals surface area contributed by atoms with E-state index in [2.05, 4.69) is 36.4 Å². The van der Waals surface area contributed by atoms with Gasteiger partial charge >= 0.3 is 6.03 Å². The lowest BCUT2D eigenvalue weighted by atomic mass is 10.1. The van der Waals surface area contributed by atoms with Crippen LogP contribution in [0.15, 0.2) is 26.9 Å². The molecule has 0 bridgehead atoms. The average molecular weight is 342 g/mol. The minimum absolute atomic E-state index is 0.231. The Morgan fingerprint density at radius 2 is 1.88 bits per heavy atom. The summed E-state index contributed by atoms with van der Waals surface area (Å²) < 4.78 is 0. The van der Waals surface area contributed by atoms with E-state index in [0.717, 1.165) is 25.7 Å². The number of aliphatic imine (C=N–C) groups is 2. The van der Waals surface area contributed by atoms with Gasteiger partial charge in [0, 0.05) is 18.3 Å². The van der Waals surface area contributed by atoms with Crippen LogP contribution in [0.1, 0.15) is 25.7 Å². The quantitative estimate of drug-likeness (QED) is 0.394. The second kappa shape index (κ2) is 5.30. The van der Waals surface area contributed by atoms with Crippen molar-refractivity contribution in [1.82, 2.24) is 26.3 Å². The fourth-order valence-corrected chi connectivity index (χ4v) is 2.89. The van der Waals surface area contributed by atoms with Crippen molar-refractivity contribution in [2.75, 3.05) is 0 Å². The Morgan fingerprint density at radius 3 is 2.56 bits per heavy atom. The van der Waals surface area contributed by atoms with Crippen molar-refractivity contribution in [3.8, 4) is 0 Å². The molecule has 10 heteroatoms. The van der Waals surface area contributed by atoms with E-state index in [1.54, 1.807) is 17.3 Å². The third kappa shape index (κ3) is 2.83. The summed E-state index contributed by atoms with van der Waals surface area (Å²) in [6.45, 7) is 0. The molecule has 3 fully saturated rings. The van der Waals surface area contributed by atoms with Crippen LogP contribution in [0.5, 0.6) is 0 Å². The molecule has 2 unspecified atom stereocenters. The van der Waals surface area contributed by atoms with Crippen molar-refractivity contribution in [2.45, 2.75) is 43.9 Å². The van der Waals surface area contributed by atoms with E-state index in [9.17, 15) is 9.59 Å². The number of nitrogens with one attached hydrogen (secondary N) is 4. The molecule has 10 nitrogen and oxygen atoms in total. The first-order chi connectivity index (χ1) is 12.2. The lowest BCUT2D eigenvalue weighted by molar-refractivity contribution is -0.115. The van der Waals surface area contributed by atoms with E-state index in [-0.39, 0.29) is 17.8 Å². The van der Waals surface area contributed by atoms with Crippen molar-refractivity contribution >= 4 is 30.1 Å². The van der Waals surface area contributed by atoms with Crippen LogP contribution in [-0.4, -0.2) is 53.3 Å². The number of guanidine groups is 2. The number of imide groups is 1. The molecule has 25 heavy (non-hydrogen) atoms. The molecule has 3 amide bonds. The normalized spacial score (nSPS) is 32.2. The Labute approximate surface area is 143 Å². The molecule has 0 radical (unpaired) electrons. The minimum atomic E-state index is -0.510. The summed E-state index contributed by atoms with van der Waals surface area (Å²) in [5, 5.41) is 17.6. The van der Waals surface area contributed by atoms with Crippen LogP contribution in [0.4, 0.5) is 4.79 Å². The molecular weight excluding hydrogens is 324 g/mol. The topological polar surface area (TPSA) is 123 Å². The predicted octanol–water partition coefficient (Wildman–Crippen LogP) is -0.817. The molecule has 3 aliphatic heterocycles. The summed E-state index contributed by atoms with van der Waals surface area (Å²) >= 11 is 0. The van der Waals surface area contributed by atoms with Crippen LogP contribution in [0.25, 0.3) is 0 Å². The smallest absolute Gasteiger partial charge is 0.326 e. The molecule has 5 aliphatic rings. The number of hydrogen-bond acceptors (Lipinski definition) is 8. The van der Waals surface area contributed by atoms with Crippen molar-refractivity contribution in [2.24, 2.45) is 21.0 Å². The molecule has 2 saturated carbocycles. The zero-order valence-electron chi connectivity index (χ0n) is 13.4. The van der Waals surface area contributed by atoms with Crippen LogP contribution >= 0.6 is 0 Å². The van der Waals surface area contributed by atoms with Gasteiger partial charge in [0.25, 0.3) is 5.91 Å². The van der Waals surface area contributed by atoms with E-state index >= 15 is 0 Å². The van der Waals surface area contributed by atoms with Crippen LogP contribution in [-0.2, 0) is 4.79 Å². The molecule has 3 heterocycles. The van der Waals surface area contributed by atoms with Crippen LogP contribution < -0.4 is 21.3 Å². The molecule has 130 valence electrons. The third-order valence-electron chi connectivity index (χ3n) is 4.54. The van der Waals surface area contributed by atoms with Crippen molar-refractivity contribution in [3.05, 3.63) is 11.8 Å². The van der Waals surface area contributed by atoms with Gasteiger partial charge in [0.2, 0.25) is 11.9 Å². The summed E-state index contributed by atoms with van der Waals surface area (Å²) in [7, 11) is 0. The number of urea groups is 1. The Kier molecular flexibility index (Phi) is 3.06. The summed E-state index contributed by atoms with van der Waals surface area (Å²) in [5.41, 5.74) is 0.231. The van der Waals surface area contributed by atoms with Gasteiger partial charge in [0.1, 0.15) is 5.70 Å². The number of fused-ring (bicyclic) bond motifs is 1. The monoisotopic (exact) mass is 342 g/mol. The van der Waals surface area contributed by atoms with Crippen molar-refractivity contribution in [1.29, 1.82) is 0 Å². The van der Waals surface area contributed by atoms with Crippen LogP contribution in [0.3, 0.4) is 0 Å². The molecule has 0 aromatic carbocycles. The number of carbonyl (C=O) groups is 2. The summed E-state index contributed by atoms with van der Waals surface area (Å²) in [5.74, 6) is 0.614. The lowest BCUT2D eigenvalue weighted by Gasteiger charge is -2.29. The summed E-state index contributed by atoms with van der Waals surface area (Å²) in [6, 6.07) is 0.367. The van der Waals surface area contributed by atoms with Gasteiger partial charge in [-0.3, -0.25) is 10.1 Å².